The number of thiophene rings is 1. The molecule has 0 amide bonds. The van der Waals surface area contributed by atoms with E-state index in [4.69, 9.17) is 12.3 Å². The third-order valence-electron chi connectivity index (χ3n) is 17.9. The zero-order chi connectivity index (χ0) is 54.8. The lowest BCUT2D eigenvalue weighted by Crippen LogP contribution is -2.45. The standard InChI is InChI=1S/C75H79N2S/c1-13-20-55(73(7,8)9)41-54-46-75(50(6)29-30-52-31-34-58(54)67(75)40-52)72(76)66-39-51-22-19-25-68(77-38-37-56(74(10,11)12)43-69(77)59(66)35-32-51)65-45-64(57-23-16-15-21-48(57)4)63(44-62(65)49(5)28-27-47(3)14-2)53-33-36-61-60-24-17-18-26-70(60)78-71(61)42-53/h13-18,20-21,23-24,26-28,31-46,50,68,72H,5,19,22,25,29-30,76H2,1-4,6-12H3/q+1/b20-13-,28-27-,47-14-,55-41+. The van der Waals surface area contributed by atoms with E-state index in [2.05, 4.69) is 257 Å². The summed E-state index contributed by atoms with van der Waals surface area (Å²) in [7, 11) is 0. The van der Waals surface area contributed by atoms with Crippen molar-refractivity contribution in [2.45, 2.75) is 131 Å². The van der Waals surface area contributed by atoms with E-state index in [9.17, 15) is 0 Å². The molecule has 4 aliphatic rings. The Morgan fingerprint density at radius 2 is 1.47 bits per heavy atom. The van der Waals surface area contributed by atoms with Gasteiger partial charge in [0.2, 0.25) is 5.69 Å². The number of nitrogens with two attached hydrogens (primary N) is 1. The van der Waals surface area contributed by atoms with Crippen molar-refractivity contribution in [1.29, 1.82) is 0 Å². The van der Waals surface area contributed by atoms with Crippen LogP contribution in [-0.2, 0) is 23.7 Å². The van der Waals surface area contributed by atoms with Crippen LogP contribution in [0.3, 0.4) is 0 Å². The Balaban J connectivity index is 1.16. The minimum absolute atomic E-state index is 0.0238. The van der Waals surface area contributed by atoms with Crippen molar-refractivity contribution in [3.63, 3.8) is 0 Å². The van der Waals surface area contributed by atoms with Crippen LogP contribution in [0.1, 0.15) is 151 Å². The molecule has 0 spiro atoms. The van der Waals surface area contributed by atoms with E-state index in [1.165, 1.54) is 120 Å². The second kappa shape index (κ2) is 20.7. The van der Waals surface area contributed by atoms with Crippen LogP contribution in [0.15, 0.2) is 194 Å². The molecule has 0 fully saturated rings. The molecule has 2 aliphatic heterocycles. The molecule has 4 heterocycles. The number of hydrogen-bond donors (Lipinski definition) is 1. The predicted molar refractivity (Wildman–Crippen MR) is 337 cm³/mol. The van der Waals surface area contributed by atoms with Crippen molar-refractivity contribution in [3.8, 4) is 33.5 Å². The Morgan fingerprint density at radius 1 is 0.731 bits per heavy atom. The minimum Gasteiger partial charge on any atom is -0.323 e. The maximum absolute atomic E-state index is 8.28. The molecule has 12 rings (SSSR count). The van der Waals surface area contributed by atoms with Crippen molar-refractivity contribution in [1.82, 2.24) is 0 Å². The molecule has 2 aromatic heterocycles. The van der Waals surface area contributed by atoms with Gasteiger partial charge in [-0.2, -0.15) is 4.57 Å². The summed E-state index contributed by atoms with van der Waals surface area (Å²) in [6, 6.07) is 49.1. The average molecular weight is 1040 g/mol. The van der Waals surface area contributed by atoms with Crippen molar-refractivity contribution < 1.29 is 4.57 Å². The Morgan fingerprint density at radius 3 is 2.23 bits per heavy atom. The zero-order valence-electron chi connectivity index (χ0n) is 48.2. The quantitative estimate of drug-likeness (QED) is 0.107. The second-order valence-corrected chi connectivity index (χ2v) is 26.1. The van der Waals surface area contributed by atoms with Crippen LogP contribution in [-0.4, -0.2) is 0 Å². The Kier molecular flexibility index (Phi) is 14.1. The summed E-state index contributed by atoms with van der Waals surface area (Å²) in [5.74, 6) is 0.299. The van der Waals surface area contributed by atoms with Gasteiger partial charge in [0.25, 0.3) is 0 Å². The first-order chi connectivity index (χ1) is 37.4. The summed E-state index contributed by atoms with van der Waals surface area (Å²) in [6.07, 6.45) is 23.6. The number of allylic oxidation sites excluding steroid dienone is 10. The first kappa shape index (κ1) is 53.1. The average Bonchev–Trinajstić information content (AvgIpc) is 3.73. The molecule has 6 aromatic carbocycles. The van der Waals surface area contributed by atoms with Crippen molar-refractivity contribution in [2.24, 2.45) is 17.1 Å². The molecule has 2 nitrogen and oxygen atoms in total. The normalized spacial score (nSPS) is 19.2. The van der Waals surface area contributed by atoms with E-state index in [0.29, 0.717) is 5.92 Å². The summed E-state index contributed by atoms with van der Waals surface area (Å²) in [5.41, 5.74) is 31.6. The Hall–Kier alpha value is -6.91. The number of nitrogens with zero attached hydrogens (tertiary/aromatic N) is 1. The van der Waals surface area contributed by atoms with E-state index in [1.54, 1.807) is 0 Å². The first-order valence-corrected chi connectivity index (χ1v) is 29.5. The number of aryl methyl sites for hydroxylation is 3. The van der Waals surface area contributed by atoms with Gasteiger partial charge in [0.1, 0.15) is 0 Å². The fraction of sp³-hybridized carbons (Fsp3) is 0.293. The molecular formula is C75H79N2S+. The third kappa shape index (κ3) is 9.56. The molecule has 0 saturated heterocycles. The number of pyridine rings is 1. The second-order valence-electron chi connectivity index (χ2n) is 25.0. The molecule has 394 valence electrons. The summed E-state index contributed by atoms with van der Waals surface area (Å²) < 4.78 is 5.25. The van der Waals surface area contributed by atoms with Gasteiger partial charge < -0.3 is 5.73 Å². The summed E-state index contributed by atoms with van der Waals surface area (Å²) >= 11 is 1.88. The monoisotopic (exact) mass is 1040 g/mol. The van der Waals surface area contributed by atoms with Crippen LogP contribution >= 0.6 is 11.3 Å². The lowest BCUT2D eigenvalue weighted by molar-refractivity contribution is -0.704. The molecule has 4 atom stereocenters. The molecule has 0 radical (unpaired) electrons. The Labute approximate surface area is 470 Å². The number of benzene rings is 6. The largest absolute Gasteiger partial charge is 0.323 e. The summed E-state index contributed by atoms with van der Waals surface area (Å²) in [5, 5.41) is 2.62. The summed E-state index contributed by atoms with van der Waals surface area (Å²) in [6.45, 7) is 30.1. The van der Waals surface area contributed by atoms with Gasteiger partial charge in [-0.05, 0) is 184 Å². The van der Waals surface area contributed by atoms with Gasteiger partial charge in [0, 0.05) is 55.7 Å². The first-order valence-electron chi connectivity index (χ1n) is 28.7. The lowest BCUT2D eigenvalue weighted by atomic mass is 9.64. The molecule has 2 aliphatic carbocycles. The van der Waals surface area contributed by atoms with Gasteiger partial charge in [0.15, 0.2) is 12.2 Å². The van der Waals surface area contributed by atoms with E-state index in [1.807, 2.05) is 11.3 Å². The molecule has 4 unspecified atom stereocenters. The van der Waals surface area contributed by atoms with E-state index in [-0.39, 0.29) is 22.9 Å². The van der Waals surface area contributed by atoms with Crippen LogP contribution in [0, 0.1) is 18.3 Å². The van der Waals surface area contributed by atoms with Gasteiger partial charge in [-0.3, -0.25) is 0 Å². The highest BCUT2D eigenvalue weighted by atomic mass is 32.1. The highest BCUT2D eigenvalue weighted by Gasteiger charge is 2.49. The maximum atomic E-state index is 8.28. The van der Waals surface area contributed by atoms with Gasteiger partial charge in [-0.1, -0.05) is 188 Å². The van der Waals surface area contributed by atoms with Gasteiger partial charge in [-0.15, -0.1) is 11.3 Å². The van der Waals surface area contributed by atoms with E-state index in [0.717, 1.165) is 37.7 Å². The third-order valence-corrected chi connectivity index (χ3v) is 19.0. The molecule has 4 bridgehead atoms. The minimum atomic E-state index is -0.421. The smallest absolute Gasteiger partial charge is 0.213 e. The molecule has 3 heteroatoms. The fourth-order valence-corrected chi connectivity index (χ4v) is 14.2. The fourth-order valence-electron chi connectivity index (χ4n) is 13.1. The lowest BCUT2D eigenvalue weighted by Gasteiger charge is -2.41. The van der Waals surface area contributed by atoms with E-state index < -0.39 is 5.41 Å². The SMILES string of the molecule is C=C(/C=C\C(C)=C/C)c1cc(-c2ccc3c(c2)sc2ccccc23)c(-c2ccccc2C)cc1C1CCCc2ccc(c(C(N)C34C=C(/C=C(\C=C/C)C(C)(C)C)c5ccc(cc53)CCC4C)c2)-c2cc(C(C)(C)C)cc[n+]21. The van der Waals surface area contributed by atoms with Crippen LogP contribution in [0.25, 0.3) is 64.8 Å². The predicted octanol–water partition coefficient (Wildman–Crippen LogP) is 19.9. The molecule has 0 saturated carbocycles. The van der Waals surface area contributed by atoms with E-state index >= 15 is 0 Å². The van der Waals surface area contributed by atoms with Crippen LogP contribution in [0.2, 0.25) is 0 Å². The molecular weight excluding hydrogens is 961 g/mol. The highest BCUT2D eigenvalue weighted by molar-refractivity contribution is 7.25. The number of fused-ring (bicyclic) bond motifs is 9. The van der Waals surface area contributed by atoms with Crippen molar-refractivity contribution in [2.75, 3.05) is 0 Å². The topological polar surface area (TPSA) is 29.9 Å². The van der Waals surface area contributed by atoms with Gasteiger partial charge >= 0.3 is 0 Å². The zero-order valence-corrected chi connectivity index (χ0v) is 49.0. The Bertz CT molecular complexity index is 3850. The van der Waals surface area contributed by atoms with Crippen LogP contribution < -0.4 is 10.3 Å². The molecule has 2 N–H and O–H groups in total. The van der Waals surface area contributed by atoms with Crippen LogP contribution in [0.4, 0.5) is 0 Å². The molecule has 8 aromatic rings. The number of rotatable bonds is 10. The van der Waals surface area contributed by atoms with Crippen LogP contribution in [0.5, 0.6) is 0 Å². The molecule has 78 heavy (non-hydrogen) atoms. The number of hydrogen-bond acceptors (Lipinski definition) is 2. The van der Waals surface area contributed by atoms with Gasteiger partial charge in [-0.25, -0.2) is 0 Å². The maximum Gasteiger partial charge on any atom is 0.213 e. The number of aromatic nitrogens is 1. The summed E-state index contributed by atoms with van der Waals surface area (Å²) in [4.78, 5) is 0. The highest BCUT2D eigenvalue weighted by Crippen LogP contribution is 2.56. The van der Waals surface area contributed by atoms with Gasteiger partial charge in [0.05, 0.1) is 5.56 Å². The van der Waals surface area contributed by atoms with Crippen molar-refractivity contribution in [3.05, 3.63) is 244 Å². The van der Waals surface area contributed by atoms with Crippen molar-refractivity contribution >= 4 is 42.7 Å².